The third kappa shape index (κ3) is 5.29. The fraction of sp³-hybridized carbons (Fsp3) is 0.174. The molecule has 4 rings (SSSR count). The Bertz CT molecular complexity index is 1220. The quantitative estimate of drug-likeness (QED) is 0.300. The molecule has 0 aliphatic rings. The molecule has 0 atom stereocenters. The summed E-state index contributed by atoms with van der Waals surface area (Å²) in [5, 5.41) is 10.7. The van der Waals surface area contributed by atoms with Crippen molar-refractivity contribution < 1.29 is 9.21 Å². The molecule has 1 amide bonds. The maximum atomic E-state index is 11.0. The molecule has 0 saturated carbocycles. The number of carbonyl (C=O) groups excluding carboxylic acids is 1. The van der Waals surface area contributed by atoms with Gasteiger partial charge in [-0.25, -0.2) is 4.98 Å². The van der Waals surface area contributed by atoms with Gasteiger partial charge in [0, 0.05) is 18.8 Å². The first kappa shape index (κ1) is 20.6. The minimum atomic E-state index is -0.103. The molecule has 2 aromatic carbocycles. The first-order chi connectivity index (χ1) is 15.1. The Hall–Kier alpha value is -3.65. The lowest BCUT2D eigenvalue weighted by atomic mass is 10.0. The van der Waals surface area contributed by atoms with Gasteiger partial charge in [-0.1, -0.05) is 42.5 Å². The monoisotopic (exact) mass is 433 g/mol. The first-order valence-corrected chi connectivity index (χ1v) is 10.8. The number of aromatic nitrogens is 1. The van der Waals surface area contributed by atoms with Crippen molar-refractivity contribution >= 4 is 39.1 Å². The Morgan fingerprint density at radius 3 is 2.87 bits per heavy atom. The summed E-state index contributed by atoms with van der Waals surface area (Å²) in [5.74, 6) is 1.53. The van der Waals surface area contributed by atoms with E-state index in [0.29, 0.717) is 41.4 Å². The number of nitrogens with two attached hydrogens (primary N) is 1. The van der Waals surface area contributed by atoms with E-state index in [-0.39, 0.29) is 5.91 Å². The molecule has 158 valence electrons. The van der Waals surface area contributed by atoms with Crippen LogP contribution in [-0.2, 0) is 17.8 Å². The molecule has 0 saturated heterocycles. The van der Waals surface area contributed by atoms with Gasteiger partial charge in [0.15, 0.2) is 16.9 Å². The Morgan fingerprint density at radius 2 is 2.00 bits per heavy atom. The Kier molecular flexibility index (Phi) is 6.28. The number of nitrogens with one attached hydrogen (secondary N) is 2. The highest BCUT2D eigenvalue weighted by Gasteiger charge is 2.10. The molecule has 2 aromatic heterocycles. The summed E-state index contributed by atoms with van der Waals surface area (Å²) in [6.45, 7) is 2.40. The number of hydrogen-bond donors (Lipinski definition) is 3. The van der Waals surface area contributed by atoms with Crippen molar-refractivity contribution in [3.05, 3.63) is 71.3 Å². The van der Waals surface area contributed by atoms with E-state index in [2.05, 4.69) is 50.9 Å². The summed E-state index contributed by atoms with van der Waals surface area (Å²) in [7, 11) is 0. The summed E-state index contributed by atoms with van der Waals surface area (Å²) in [5.41, 5.74) is 7.99. The molecule has 0 radical (unpaired) electrons. The molecule has 2 heterocycles. The highest BCUT2D eigenvalue weighted by Crippen LogP contribution is 2.26. The number of aliphatic imine (C=N–C) groups is 1. The van der Waals surface area contributed by atoms with Gasteiger partial charge in [0.05, 0.1) is 6.54 Å². The number of furan rings is 1. The van der Waals surface area contributed by atoms with Crippen LogP contribution in [0.4, 0.5) is 5.13 Å². The number of nitrogens with zero attached hydrogens (tertiary/aromatic N) is 2. The van der Waals surface area contributed by atoms with Gasteiger partial charge in [0.25, 0.3) is 0 Å². The second kappa shape index (κ2) is 9.44. The Labute approximate surface area is 184 Å². The number of carbonyl (C=O) groups is 1. The molecule has 8 heteroatoms. The van der Waals surface area contributed by atoms with E-state index in [0.717, 1.165) is 6.42 Å². The third-order valence-corrected chi connectivity index (χ3v) is 5.47. The van der Waals surface area contributed by atoms with Gasteiger partial charge < -0.3 is 20.8 Å². The number of benzene rings is 2. The Balaban J connectivity index is 1.35. The normalized spacial score (nSPS) is 11.6. The number of fused-ring (bicyclic) bond motifs is 1. The SMILES string of the molecule is CC(=O)NCc1ccc(-c2csc(NC(N)=NCCc3cccc4ccccc34)n2)o1. The molecular formula is C23H23N5O2S. The molecule has 4 N–H and O–H groups in total. The second-order valence-corrected chi connectivity index (χ2v) is 7.85. The maximum absolute atomic E-state index is 11.0. The van der Waals surface area contributed by atoms with E-state index >= 15 is 0 Å². The van der Waals surface area contributed by atoms with Crippen molar-refractivity contribution in [2.24, 2.45) is 10.7 Å². The predicted molar refractivity (Wildman–Crippen MR) is 125 cm³/mol. The van der Waals surface area contributed by atoms with Crippen molar-refractivity contribution in [1.29, 1.82) is 0 Å². The lowest BCUT2D eigenvalue weighted by molar-refractivity contribution is -0.119. The van der Waals surface area contributed by atoms with Gasteiger partial charge in [-0.05, 0) is 34.9 Å². The molecule has 31 heavy (non-hydrogen) atoms. The van der Waals surface area contributed by atoms with Crippen LogP contribution in [0.3, 0.4) is 0 Å². The van der Waals surface area contributed by atoms with Gasteiger partial charge in [0.1, 0.15) is 11.5 Å². The lowest BCUT2D eigenvalue weighted by Gasteiger charge is -2.05. The minimum absolute atomic E-state index is 0.103. The smallest absolute Gasteiger partial charge is 0.217 e. The highest BCUT2D eigenvalue weighted by molar-refractivity contribution is 7.14. The number of rotatable bonds is 7. The van der Waals surface area contributed by atoms with Gasteiger partial charge in [-0.3, -0.25) is 9.79 Å². The average Bonchev–Trinajstić information content (AvgIpc) is 3.42. The summed E-state index contributed by atoms with van der Waals surface area (Å²) >= 11 is 1.42. The van der Waals surface area contributed by atoms with Gasteiger partial charge >= 0.3 is 0 Å². The number of thiazole rings is 1. The van der Waals surface area contributed by atoms with Crippen LogP contribution in [0.5, 0.6) is 0 Å². The lowest BCUT2D eigenvalue weighted by Crippen LogP contribution is -2.23. The first-order valence-electron chi connectivity index (χ1n) is 9.91. The van der Waals surface area contributed by atoms with E-state index in [1.54, 1.807) is 0 Å². The van der Waals surface area contributed by atoms with E-state index in [4.69, 9.17) is 10.2 Å². The molecule has 7 nitrogen and oxygen atoms in total. The third-order valence-electron chi connectivity index (χ3n) is 4.71. The second-order valence-electron chi connectivity index (χ2n) is 6.99. The largest absolute Gasteiger partial charge is 0.458 e. The summed E-state index contributed by atoms with van der Waals surface area (Å²) in [4.78, 5) is 20.0. The van der Waals surface area contributed by atoms with E-state index < -0.39 is 0 Å². The zero-order chi connectivity index (χ0) is 21.6. The van der Waals surface area contributed by atoms with Crippen LogP contribution in [-0.4, -0.2) is 23.4 Å². The van der Waals surface area contributed by atoms with Crippen molar-refractivity contribution in [2.75, 3.05) is 11.9 Å². The van der Waals surface area contributed by atoms with Gasteiger partial charge in [-0.2, -0.15) is 0 Å². The minimum Gasteiger partial charge on any atom is -0.458 e. The standard InChI is InChI=1S/C23H23N5O2S/c1-15(29)26-13-18-9-10-21(30-18)20-14-31-23(27-20)28-22(24)25-12-11-17-7-4-6-16-5-2-3-8-19(16)17/h2-10,14H,11-13H2,1H3,(H,26,29)(H3,24,25,27,28). The fourth-order valence-electron chi connectivity index (χ4n) is 3.22. The summed E-state index contributed by atoms with van der Waals surface area (Å²) in [6, 6.07) is 18.3. The van der Waals surface area contributed by atoms with Crippen LogP contribution in [0.1, 0.15) is 18.2 Å². The zero-order valence-corrected chi connectivity index (χ0v) is 17.9. The maximum Gasteiger partial charge on any atom is 0.217 e. The molecule has 0 aliphatic heterocycles. The van der Waals surface area contributed by atoms with Crippen LogP contribution in [0, 0.1) is 0 Å². The van der Waals surface area contributed by atoms with Crippen molar-refractivity contribution in [1.82, 2.24) is 10.3 Å². The molecule has 0 bridgehead atoms. The zero-order valence-electron chi connectivity index (χ0n) is 17.1. The van der Waals surface area contributed by atoms with Crippen molar-refractivity contribution in [3.8, 4) is 11.5 Å². The number of guanidine groups is 1. The summed E-state index contributed by atoms with van der Waals surface area (Å²) < 4.78 is 5.73. The van der Waals surface area contributed by atoms with Crippen LogP contribution in [0.25, 0.3) is 22.2 Å². The van der Waals surface area contributed by atoms with Crippen molar-refractivity contribution in [2.45, 2.75) is 19.9 Å². The van der Waals surface area contributed by atoms with E-state index in [1.807, 2.05) is 29.6 Å². The van der Waals surface area contributed by atoms with Gasteiger partial charge in [-0.15, -0.1) is 11.3 Å². The van der Waals surface area contributed by atoms with Crippen LogP contribution < -0.4 is 16.4 Å². The Morgan fingerprint density at radius 1 is 1.16 bits per heavy atom. The van der Waals surface area contributed by atoms with Gasteiger partial charge in [0.2, 0.25) is 5.91 Å². The molecule has 0 fully saturated rings. The van der Waals surface area contributed by atoms with E-state index in [1.165, 1.54) is 34.6 Å². The fourth-order valence-corrected chi connectivity index (χ4v) is 3.93. The topological polar surface area (TPSA) is 106 Å². The summed E-state index contributed by atoms with van der Waals surface area (Å²) in [6.07, 6.45) is 0.802. The average molecular weight is 434 g/mol. The van der Waals surface area contributed by atoms with Crippen LogP contribution in [0.2, 0.25) is 0 Å². The van der Waals surface area contributed by atoms with E-state index in [9.17, 15) is 4.79 Å². The van der Waals surface area contributed by atoms with Crippen molar-refractivity contribution in [3.63, 3.8) is 0 Å². The molecule has 0 spiro atoms. The number of hydrogen-bond acceptors (Lipinski definition) is 5. The van der Waals surface area contributed by atoms with Crippen LogP contribution in [0.15, 0.2) is 69.4 Å². The number of amides is 1. The molecular weight excluding hydrogens is 410 g/mol. The highest BCUT2D eigenvalue weighted by atomic mass is 32.1. The molecule has 4 aromatic rings. The predicted octanol–water partition coefficient (Wildman–Crippen LogP) is 4.16. The number of anilines is 1. The molecule has 0 aliphatic carbocycles. The van der Waals surface area contributed by atoms with Crippen LogP contribution >= 0.6 is 11.3 Å². The molecule has 0 unspecified atom stereocenters.